The fourth-order valence-electron chi connectivity index (χ4n) is 4.93. The summed E-state index contributed by atoms with van der Waals surface area (Å²) < 4.78 is 11.9. The first-order valence-corrected chi connectivity index (χ1v) is 15.6. The predicted octanol–water partition coefficient (Wildman–Crippen LogP) is 6.59. The largest absolute Gasteiger partial charge is 0.489 e. The maximum atomic E-state index is 5.93. The summed E-state index contributed by atoms with van der Waals surface area (Å²) in [5, 5.41) is 7.19. The topological polar surface area (TPSA) is 94.6 Å². The highest BCUT2D eigenvalue weighted by molar-refractivity contribution is 5.30. The van der Waals surface area contributed by atoms with E-state index in [1.165, 1.54) is 54.4 Å². The lowest BCUT2D eigenvalue weighted by atomic mass is 10.1. The second-order valence-corrected chi connectivity index (χ2v) is 11.0. The van der Waals surface area contributed by atoms with Gasteiger partial charge in [-0.2, -0.15) is 0 Å². The van der Waals surface area contributed by atoms with E-state index < -0.39 is 0 Å². The minimum absolute atomic E-state index is 0.550. The minimum Gasteiger partial charge on any atom is -0.489 e. The summed E-state index contributed by atoms with van der Waals surface area (Å²) in [5.41, 5.74) is 18.5. The number of ether oxygens (including phenoxy) is 2. The van der Waals surface area contributed by atoms with Crippen LogP contribution < -0.4 is 31.6 Å². The summed E-state index contributed by atoms with van der Waals surface area (Å²) >= 11 is 0. The molecule has 0 unspecified atom stereocenters. The molecule has 0 saturated heterocycles. The summed E-state index contributed by atoms with van der Waals surface area (Å²) in [6.07, 6.45) is 6.23. The Morgan fingerprint density at radius 2 is 0.837 bits per heavy atom. The molecule has 0 fully saturated rings. The highest BCUT2D eigenvalue weighted by Crippen LogP contribution is 2.16. The zero-order chi connectivity index (χ0) is 30.0. The third-order valence-corrected chi connectivity index (χ3v) is 7.48. The zero-order valence-corrected chi connectivity index (χ0v) is 25.4. The van der Waals surface area contributed by atoms with Crippen LogP contribution in [0.3, 0.4) is 0 Å². The van der Waals surface area contributed by atoms with Gasteiger partial charge in [0.1, 0.15) is 24.7 Å². The van der Waals surface area contributed by atoms with Crippen LogP contribution in [0.1, 0.15) is 65.5 Å². The van der Waals surface area contributed by atoms with E-state index in [4.69, 9.17) is 20.9 Å². The number of nitrogens with one attached hydrogen (secondary N) is 2. The van der Waals surface area contributed by atoms with Gasteiger partial charge >= 0.3 is 0 Å². The summed E-state index contributed by atoms with van der Waals surface area (Å²) in [6, 6.07) is 33.2. The summed E-state index contributed by atoms with van der Waals surface area (Å²) in [7, 11) is 0. The molecule has 4 aromatic carbocycles. The van der Waals surface area contributed by atoms with Crippen LogP contribution in [0.4, 0.5) is 0 Å². The van der Waals surface area contributed by atoms with Crippen molar-refractivity contribution in [1.29, 1.82) is 0 Å². The molecule has 0 radical (unpaired) electrons. The Morgan fingerprint density at radius 1 is 0.442 bits per heavy atom. The SMILES string of the molecule is NCc1ccc(OCc2cccc(CNCCCCCCCNCc3cccc(COc4ccc(CN)cc4)c3)c2)cc1. The number of hydrogen-bond acceptors (Lipinski definition) is 6. The van der Waals surface area contributed by atoms with Crippen molar-refractivity contribution in [3.05, 3.63) is 130 Å². The number of nitrogens with two attached hydrogens (primary N) is 2. The van der Waals surface area contributed by atoms with Crippen LogP contribution in [0.5, 0.6) is 11.5 Å². The Bertz CT molecular complexity index is 1220. The average Bonchev–Trinajstić information content (AvgIpc) is 3.06. The van der Waals surface area contributed by atoms with Crippen molar-refractivity contribution in [3.63, 3.8) is 0 Å². The lowest BCUT2D eigenvalue weighted by Crippen LogP contribution is -2.15. The molecule has 6 heteroatoms. The second-order valence-electron chi connectivity index (χ2n) is 11.0. The number of rotatable bonds is 20. The van der Waals surface area contributed by atoms with Crippen LogP contribution in [0, 0.1) is 0 Å². The molecule has 0 spiro atoms. The van der Waals surface area contributed by atoms with Gasteiger partial charge in [0, 0.05) is 26.2 Å². The summed E-state index contributed by atoms with van der Waals surface area (Å²) in [5.74, 6) is 1.74. The lowest BCUT2D eigenvalue weighted by Gasteiger charge is -2.10. The van der Waals surface area contributed by atoms with Gasteiger partial charge in [-0.15, -0.1) is 0 Å². The fraction of sp³-hybridized carbons (Fsp3) is 0.351. The summed E-state index contributed by atoms with van der Waals surface area (Å²) in [4.78, 5) is 0. The van der Waals surface area contributed by atoms with Gasteiger partial charge in [0.2, 0.25) is 0 Å². The quantitative estimate of drug-likeness (QED) is 0.0881. The Kier molecular flexibility index (Phi) is 14.1. The number of unbranched alkanes of at least 4 members (excludes halogenated alkanes) is 4. The van der Waals surface area contributed by atoms with Gasteiger partial charge in [0.15, 0.2) is 0 Å². The maximum Gasteiger partial charge on any atom is 0.119 e. The molecule has 0 aliphatic carbocycles. The first kappa shape index (κ1) is 32.2. The van der Waals surface area contributed by atoms with Gasteiger partial charge < -0.3 is 31.6 Å². The van der Waals surface area contributed by atoms with Crippen LogP contribution >= 0.6 is 0 Å². The number of hydrogen-bond donors (Lipinski definition) is 4. The molecule has 228 valence electrons. The first-order chi connectivity index (χ1) is 21.2. The summed E-state index contributed by atoms with van der Waals surface area (Å²) in [6.45, 7) is 6.10. The molecular weight excluding hydrogens is 532 g/mol. The normalized spacial score (nSPS) is 11.0. The molecule has 0 aromatic heterocycles. The van der Waals surface area contributed by atoms with Crippen LogP contribution in [-0.2, 0) is 39.4 Å². The Balaban J connectivity index is 0.998. The van der Waals surface area contributed by atoms with E-state index in [0.717, 1.165) is 48.8 Å². The third kappa shape index (κ3) is 12.2. The van der Waals surface area contributed by atoms with E-state index in [1.54, 1.807) is 0 Å². The molecule has 0 aliphatic rings. The third-order valence-electron chi connectivity index (χ3n) is 7.48. The van der Waals surface area contributed by atoms with Crippen molar-refractivity contribution in [2.24, 2.45) is 11.5 Å². The Hall–Kier alpha value is -3.68. The molecule has 6 nitrogen and oxygen atoms in total. The second kappa shape index (κ2) is 18.8. The zero-order valence-electron chi connectivity index (χ0n) is 25.4. The first-order valence-electron chi connectivity index (χ1n) is 15.6. The molecule has 4 aromatic rings. The smallest absolute Gasteiger partial charge is 0.119 e. The van der Waals surface area contributed by atoms with Gasteiger partial charge in [-0.25, -0.2) is 0 Å². The van der Waals surface area contributed by atoms with Gasteiger partial charge in [-0.3, -0.25) is 0 Å². The molecule has 6 N–H and O–H groups in total. The van der Waals surface area contributed by atoms with E-state index in [9.17, 15) is 0 Å². The molecule has 0 bridgehead atoms. The Labute approximate surface area is 257 Å². The monoisotopic (exact) mass is 580 g/mol. The van der Waals surface area contributed by atoms with E-state index in [0.29, 0.717) is 26.3 Å². The van der Waals surface area contributed by atoms with Crippen LogP contribution in [-0.4, -0.2) is 13.1 Å². The lowest BCUT2D eigenvalue weighted by molar-refractivity contribution is 0.306. The maximum absolute atomic E-state index is 5.93. The van der Waals surface area contributed by atoms with E-state index in [1.807, 2.05) is 48.5 Å². The van der Waals surface area contributed by atoms with Gasteiger partial charge in [0.25, 0.3) is 0 Å². The van der Waals surface area contributed by atoms with Crippen LogP contribution in [0.2, 0.25) is 0 Å². The average molecular weight is 581 g/mol. The van der Waals surface area contributed by atoms with Crippen LogP contribution in [0.15, 0.2) is 97.1 Å². The van der Waals surface area contributed by atoms with Crippen molar-refractivity contribution in [2.45, 2.75) is 71.5 Å². The molecule has 0 heterocycles. The number of benzene rings is 4. The van der Waals surface area contributed by atoms with Gasteiger partial charge in [0.05, 0.1) is 0 Å². The minimum atomic E-state index is 0.550. The standard InChI is InChI=1S/C37H48N4O2/c38-24-30-12-16-36(17-13-30)42-28-34-10-6-8-32(22-34)26-40-20-4-2-1-3-5-21-41-27-33-9-7-11-35(23-33)29-43-37-18-14-31(25-39)15-19-37/h6-19,22-23,40-41H,1-5,20-21,24-29,38-39H2. The molecule has 0 amide bonds. The molecule has 0 saturated carbocycles. The highest BCUT2D eigenvalue weighted by atomic mass is 16.5. The molecule has 43 heavy (non-hydrogen) atoms. The predicted molar refractivity (Wildman–Crippen MR) is 177 cm³/mol. The molecular formula is C37H48N4O2. The van der Waals surface area contributed by atoms with E-state index in [-0.39, 0.29) is 0 Å². The Morgan fingerprint density at radius 3 is 1.26 bits per heavy atom. The molecule has 4 rings (SSSR count). The van der Waals surface area contributed by atoms with Crippen molar-refractivity contribution >= 4 is 0 Å². The fourth-order valence-corrected chi connectivity index (χ4v) is 4.93. The van der Waals surface area contributed by atoms with Crippen molar-refractivity contribution in [3.8, 4) is 11.5 Å². The van der Waals surface area contributed by atoms with Gasteiger partial charge in [-0.1, -0.05) is 92.1 Å². The van der Waals surface area contributed by atoms with Crippen LogP contribution in [0.25, 0.3) is 0 Å². The molecule has 0 aliphatic heterocycles. The molecule has 0 atom stereocenters. The van der Waals surface area contributed by atoms with Gasteiger partial charge in [-0.05, 0) is 83.6 Å². The highest BCUT2D eigenvalue weighted by Gasteiger charge is 2.01. The van der Waals surface area contributed by atoms with Crippen molar-refractivity contribution in [1.82, 2.24) is 10.6 Å². The van der Waals surface area contributed by atoms with E-state index >= 15 is 0 Å². The van der Waals surface area contributed by atoms with Crippen molar-refractivity contribution < 1.29 is 9.47 Å². The van der Waals surface area contributed by atoms with Crippen molar-refractivity contribution in [2.75, 3.05) is 13.1 Å². The van der Waals surface area contributed by atoms with E-state index in [2.05, 4.69) is 59.2 Å².